The Labute approximate surface area is 132 Å². The van der Waals surface area contributed by atoms with Gasteiger partial charge in [-0.2, -0.15) is 0 Å². The molecule has 0 bridgehead atoms. The van der Waals surface area contributed by atoms with E-state index < -0.39 is 18.2 Å². The van der Waals surface area contributed by atoms with Gasteiger partial charge in [-0.3, -0.25) is 4.79 Å². The Hall–Kier alpha value is -1.13. The van der Waals surface area contributed by atoms with Crippen molar-refractivity contribution in [1.29, 1.82) is 0 Å². The van der Waals surface area contributed by atoms with E-state index in [0.29, 0.717) is 24.2 Å². The molecule has 0 saturated heterocycles. The third-order valence-electron chi connectivity index (χ3n) is 5.10. The van der Waals surface area contributed by atoms with Crippen LogP contribution in [0.25, 0.3) is 0 Å². The second-order valence-electron chi connectivity index (χ2n) is 6.84. The van der Waals surface area contributed by atoms with Crippen LogP contribution in [0.1, 0.15) is 51.9 Å². The maximum absolute atomic E-state index is 10.5. The van der Waals surface area contributed by atoms with Crippen molar-refractivity contribution < 1.29 is 20.1 Å². The molecule has 3 N–H and O–H groups in total. The number of rotatable bonds is 7. The molecule has 0 aromatic rings. The van der Waals surface area contributed by atoms with Gasteiger partial charge < -0.3 is 15.3 Å². The minimum Gasteiger partial charge on any atom is -0.481 e. The molecule has 124 valence electrons. The molecule has 0 spiro atoms. The van der Waals surface area contributed by atoms with Gasteiger partial charge in [-0.15, -0.1) is 0 Å². The summed E-state index contributed by atoms with van der Waals surface area (Å²) in [7, 11) is 0. The maximum atomic E-state index is 10.5. The number of fused-ring (bicyclic) bond motifs is 1. The number of aliphatic carboxylic acids is 1. The zero-order valence-corrected chi connectivity index (χ0v) is 13.3. The van der Waals surface area contributed by atoms with Gasteiger partial charge in [0.2, 0.25) is 0 Å². The van der Waals surface area contributed by atoms with Crippen LogP contribution in [-0.4, -0.2) is 33.5 Å². The topological polar surface area (TPSA) is 77.8 Å². The summed E-state index contributed by atoms with van der Waals surface area (Å²) in [5.41, 5.74) is 1.45. The Morgan fingerprint density at radius 3 is 2.86 bits per heavy atom. The highest BCUT2D eigenvalue weighted by atomic mass is 16.4. The van der Waals surface area contributed by atoms with E-state index in [1.807, 2.05) is 0 Å². The maximum Gasteiger partial charge on any atom is 0.305 e. The van der Waals surface area contributed by atoms with Gasteiger partial charge in [0.05, 0.1) is 18.6 Å². The summed E-state index contributed by atoms with van der Waals surface area (Å²) in [4.78, 5) is 10.5. The van der Waals surface area contributed by atoms with Crippen LogP contribution in [0.4, 0.5) is 0 Å². The molecule has 0 aromatic heterocycles. The number of aliphatic hydroxyl groups is 2. The van der Waals surface area contributed by atoms with Gasteiger partial charge in [-0.05, 0) is 61.9 Å². The largest absolute Gasteiger partial charge is 0.481 e. The molecule has 0 aliphatic heterocycles. The Kier molecular flexibility index (Phi) is 6.21. The molecule has 4 nitrogen and oxygen atoms in total. The van der Waals surface area contributed by atoms with Crippen LogP contribution < -0.4 is 0 Å². The van der Waals surface area contributed by atoms with Crippen molar-refractivity contribution in [2.45, 2.75) is 64.1 Å². The number of carboxylic acid groups (broad SMARTS) is 1. The molecule has 4 heteroatoms. The summed E-state index contributed by atoms with van der Waals surface area (Å²) in [5.74, 6) is 0.631. The van der Waals surface area contributed by atoms with Gasteiger partial charge in [-0.1, -0.05) is 25.2 Å². The van der Waals surface area contributed by atoms with Crippen LogP contribution in [0.5, 0.6) is 0 Å². The molecule has 2 rings (SSSR count). The predicted octanol–water partition coefficient (Wildman–Crippen LogP) is 2.90. The fourth-order valence-corrected chi connectivity index (χ4v) is 3.92. The summed E-state index contributed by atoms with van der Waals surface area (Å²) in [6, 6.07) is 0. The molecule has 0 aromatic carbocycles. The number of carboxylic acids is 1. The number of aliphatic hydroxyl groups excluding tert-OH is 2. The van der Waals surface area contributed by atoms with Crippen LogP contribution >= 0.6 is 0 Å². The van der Waals surface area contributed by atoms with Crippen LogP contribution in [0.3, 0.4) is 0 Å². The average molecular weight is 308 g/mol. The summed E-state index contributed by atoms with van der Waals surface area (Å²) in [5, 5.41) is 28.3. The molecule has 0 amide bonds. The van der Waals surface area contributed by atoms with E-state index in [9.17, 15) is 15.0 Å². The van der Waals surface area contributed by atoms with E-state index in [4.69, 9.17) is 5.11 Å². The number of carbonyl (C=O) groups is 1. The Morgan fingerprint density at radius 2 is 2.14 bits per heavy atom. The highest BCUT2D eigenvalue weighted by Crippen LogP contribution is 2.42. The second kappa shape index (κ2) is 7.93. The van der Waals surface area contributed by atoms with Crippen LogP contribution in [0.2, 0.25) is 0 Å². The van der Waals surface area contributed by atoms with E-state index in [1.54, 1.807) is 0 Å². The van der Waals surface area contributed by atoms with Crippen molar-refractivity contribution >= 4 is 5.97 Å². The average Bonchev–Trinajstić information content (AvgIpc) is 2.45. The molecule has 0 fully saturated rings. The Bertz CT molecular complexity index is 440. The van der Waals surface area contributed by atoms with E-state index in [1.165, 1.54) is 24.8 Å². The third kappa shape index (κ3) is 4.68. The highest BCUT2D eigenvalue weighted by Gasteiger charge is 2.32. The SMILES string of the molecule is C[C@H]1C=CC2=CCCCC2C1CCC(O)CC(O)CC(=O)O. The Morgan fingerprint density at radius 1 is 1.36 bits per heavy atom. The Balaban J connectivity index is 1.84. The molecule has 22 heavy (non-hydrogen) atoms. The number of hydrogen-bond acceptors (Lipinski definition) is 3. The van der Waals surface area contributed by atoms with E-state index >= 15 is 0 Å². The minimum absolute atomic E-state index is 0.149. The van der Waals surface area contributed by atoms with Gasteiger partial charge in [0.25, 0.3) is 0 Å². The summed E-state index contributed by atoms with van der Waals surface area (Å²) in [6.45, 7) is 2.23. The van der Waals surface area contributed by atoms with Crippen molar-refractivity contribution in [3.05, 3.63) is 23.8 Å². The van der Waals surface area contributed by atoms with Crippen molar-refractivity contribution in [2.75, 3.05) is 0 Å². The first-order valence-corrected chi connectivity index (χ1v) is 8.43. The monoisotopic (exact) mass is 308 g/mol. The molecule has 0 radical (unpaired) electrons. The quantitative estimate of drug-likeness (QED) is 0.676. The van der Waals surface area contributed by atoms with Crippen LogP contribution in [0, 0.1) is 17.8 Å². The summed E-state index contributed by atoms with van der Waals surface area (Å²) in [6.07, 6.45) is 10.3. The lowest BCUT2D eigenvalue weighted by atomic mass is 9.68. The number of allylic oxidation sites excluding steroid dienone is 4. The van der Waals surface area contributed by atoms with Crippen molar-refractivity contribution in [2.24, 2.45) is 17.8 Å². The standard InChI is InChI=1S/C18H28O4/c1-12-6-7-13-4-2-3-5-17(13)16(12)9-8-14(19)10-15(20)11-18(21)22/h4,6-7,12,14-17,19-20H,2-3,5,8-11H2,1H3,(H,21,22)/t12-,14?,15?,16?,17?/m0/s1. The van der Waals surface area contributed by atoms with Gasteiger partial charge in [0, 0.05) is 0 Å². The van der Waals surface area contributed by atoms with E-state index in [2.05, 4.69) is 25.2 Å². The lowest BCUT2D eigenvalue weighted by Crippen LogP contribution is -2.29. The molecule has 4 unspecified atom stereocenters. The second-order valence-corrected chi connectivity index (χ2v) is 6.84. The first kappa shape index (κ1) is 17.2. The van der Waals surface area contributed by atoms with Crippen molar-refractivity contribution in [1.82, 2.24) is 0 Å². The first-order valence-electron chi connectivity index (χ1n) is 8.43. The van der Waals surface area contributed by atoms with E-state index in [-0.39, 0.29) is 12.8 Å². The predicted molar refractivity (Wildman–Crippen MR) is 85.3 cm³/mol. The number of hydrogen-bond donors (Lipinski definition) is 3. The summed E-state index contributed by atoms with van der Waals surface area (Å²) < 4.78 is 0. The summed E-state index contributed by atoms with van der Waals surface area (Å²) >= 11 is 0. The van der Waals surface area contributed by atoms with Crippen molar-refractivity contribution in [3.63, 3.8) is 0 Å². The lowest BCUT2D eigenvalue weighted by molar-refractivity contribution is -0.139. The highest BCUT2D eigenvalue weighted by molar-refractivity contribution is 5.67. The minimum atomic E-state index is -1.03. The molecule has 5 atom stereocenters. The molecular weight excluding hydrogens is 280 g/mol. The zero-order valence-electron chi connectivity index (χ0n) is 13.3. The third-order valence-corrected chi connectivity index (χ3v) is 5.10. The normalized spacial score (nSPS) is 30.3. The molecule has 0 saturated carbocycles. The van der Waals surface area contributed by atoms with Gasteiger partial charge in [0.1, 0.15) is 0 Å². The van der Waals surface area contributed by atoms with Gasteiger partial charge in [0.15, 0.2) is 0 Å². The van der Waals surface area contributed by atoms with E-state index in [0.717, 1.165) is 6.42 Å². The molecule has 2 aliphatic rings. The lowest BCUT2D eigenvalue weighted by Gasteiger charge is -2.37. The zero-order chi connectivity index (χ0) is 16.1. The molecule has 2 aliphatic carbocycles. The fraction of sp³-hybridized carbons (Fsp3) is 0.722. The first-order chi connectivity index (χ1) is 10.5. The van der Waals surface area contributed by atoms with Gasteiger partial charge >= 0.3 is 5.97 Å². The van der Waals surface area contributed by atoms with Crippen molar-refractivity contribution in [3.8, 4) is 0 Å². The van der Waals surface area contributed by atoms with Crippen LogP contribution in [0.15, 0.2) is 23.8 Å². The van der Waals surface area contributed by atoms with Gasteiger partial charge in [-0.25, -0.2) is 0 Å². The molecule has 0 heterocycles. The molecular formula is C18H28O4. The van der Waals surface area contributed by atoms with Crippen LogP contribution in [-0.2, 0) is 4.79 Å². The fourth-order valence-electron chi connectivity index (χ4n) is 3.92. The smallest absolute Gasteiger partial charge is 0.305 e.